The molecule has 1 saturated carbocycles. The molecule has 1 N–H and O–H groups in total. The minimum absolute atomic E-state index is 0.182. The van der Waals surface area contributed by atoms with Crippen molar-refractivity contribution < 1.29 is 9.63 Å². The Morgan fingerprint density at radius 3 is 2.92 bits per heavy atom. The molecule has 0 amide bonds. The van der Waals surface area contributed by atoms with Crippen molar-refractivity contribution in [1.29, 1.82) is 0 Å². The van der Waals surface area contributed by atoms with Crippen LogP contribution in [0.25, 0.3) is 0 Å². The molecular formula is C9H14N2O2. The maximum absolute atomic E-state index is 8.61. The predicted molar refractivity (Wildman–Crippen MR) is 46.3 cm³/mol. The van der Waals surface area contributed by atoms with Gasteiger partial charge >= 0.3 is 0 Å². The molecule has 0 saturated heterocycles. The molecule has 1 aliphatic rings. The molecule has 13 heavy (non-hydrogen) atoms. The summed E-state index contributed by atoms with van der Waals surface area (Å²) in [6, 6.07) is 0. The third-order valence-corrected chi connectivity index (χ3v) is 2.50. The van der Waals surface area contributed by atoms with Gasteiger partial charge in [-0.2, -0.15) is 4.98 Å². The number of nitrogens with zero attached hydrogens (tertiary/aromatic N) is 2. The highest BCUT2D eigenvalue weighted by atomic mass is 16.5. The Hall–Kier alpha value is -0.900. The van der Waals surface area contributed by atoms with E-state index in [-0.39, 0.29) is 6.61 Å². The van der Waals surface area contributed by atoms with Gasteiger partial charge < -0.3 is 9.63 Å². The van der Waals surface area contributed by atoms with Gasteiger partial charge in [0.05, 0.1) is 0 Å². The van der Waals surface area contributed by atoms with Crippen molar-refractivity contribution in [3.63, 3.8) is 0 Å². The molecule has 1 heterocycles. The smallest absolute Gasteiger partial charge is 0.226 e. The van der Waals surface area contributed by atoms with E-state index in [1.54, 1.807) is 0 Å². The Labute approximate surface area is 77.0 Å². The number of hydrogen-bond donors (Lipinski definition) is 1. The molecule has 0 unspecified atom stereocenters. The summed E-state index contributed by atoms with van der Waals surface area (Å²) in [7, 11) is 0. The van der Waals surface area contributed by atoms with Crippen LogP contribution in [-0.2, 0) is 6.42 Å². The van der Waals surface area contributed by atoms with Crippen LogP contribution in [0.4, 0.5) is 0 Å². The maximum atomic E-state index is 8.61. The second-order valence-electron chi connectivity index (χ2n) is 3.50. The Bertz CT molecular complexity index is 268. The minimum atomic E-state index is 0.182. The molecule has 4 heteroatoms. The van der Waals surface area contributed by atoms with Crippen LogP contribution in [0.3, 0.4) is 0 Å². The molecule has 0 bridgehead atoms. The van der Waals surface area contributed by atoms with E-state index in [1.807, 2.05) is 0 Å². The first-order chi connectivity index (χ1) is 6.40. The highest BCUT2D eigenvalue weighted by molar-refractivity contribution is 4.99. The third kappa shape index (κ3) is 1.88. The summed E-state index contributed by atoms with van der Waals surface area (Å²) in [5, 5.41) is 12.5. The summed E-state index contributed by atoms with van der Waals surface area (Å²) in [5.41, 5.74) is 0. The van der Waals surface area contributed by atoms with Crippen molar-refractivity contribution in [2.24, 2.45) is 0 Å². The average molecular weight is 182 g/mol. The molecule has 0 radical (unpaired) electrons. The number of hydrogen-bond acceptors (Lipinski definition) is 4. The van der Waals surface area contributed by atoms with Gasteiger partial charge in [-0.15, -0.1) is 0 Å². The van der Waals surface area contributed by atoms with Crippen LogP contribution in [0.2, 0.25) is 0 Å². The Balaban J connectivity index is 1.92. The largest absolute Gasteiger partial charge is 0.396 e. The lowest BCUT2D eigenvalue weighted by Crippen LogP contribution is -2.10. The molecule has 1 aromatic rings. The summed E-state index contributed by atoms with van der Waals surface area (Å²) >= 11 is 0. The van der Waals surface area contributed by atoms with Gasteiger partial charge in [-0.1, -0.05) is 11.6 Å². The van der Waals surface area contributed by atoms with Gasteiger partial charge in [-0.3, -0.25) is 0 Å². The van der Waals surface area contributed by atoms with Crippen molar-refractivity contribution >= 4 is 0 Å². The van der Waals surface area contributed by atoms with E-state index in [9.17, 15) is 0 Å². The number of rotatable bonds is 4. The van der Waals surface area contributed by atoms with E-state index in [1.165, 1.54) is 19.3 Å². The second kappa shape index (κ2) is 3.87. The molecule has 2 rings (SSSR count). The topological polar surface area (TPSA) is 59.2 Å². The lowest BCUT2D eigenvalue weighted by atomic mass is 9.85. The first-order valence-electron chi connectivity index (χ1n) is 4.83. The zero-order chi connectivity index (χ0) is 9.10. The molecular weight excluding hydrogens is 168 g/mol. The van der Waals surface area contributed by atoms with E-state index in [4.69, 9.17) is 9.63 Å². The van der Waals surface area contributed by atoms with Crippen LogP contribution in [0.1, 0.15) is 43.3 Å². The normalized spacial score (nSPS) is 17.3. The summed E-state index contributed by atoms with van der Waals surface area (Å²) in [5.74, 6) is 2.06. The molecule has 1 aromatic heterocycles. The minimum Gasteiger partial charge on any atom is -0.396 e. The number of aromatic nitrogens is 2. The van der Waals surface area contributed by atoms with Crippen LogP contribution in [-0.4, -0.2) is 21.9 Å². The average Bonchev–Trinajstić information content (AvgIpc) is 2.46. The molecule has 1 aliphatic carbocycles. The standard InChI is InChI=1S/C9H14N2O2/c12-6-2-5-8-10-9(11-13-8)7-3-1-4-7/h7,12H,1-6H2. The zero-order valence-electron chi connectivity index (χ0n) is 7.57. The van der Waals surface area contributed by atoms with Gasteiger partial charge in [0, 0.05) is 18.9 Å². The van der Waals surface area contributed by atoms with E-state index in [0.29, 0.717) is 24.7 Å². The summed E-state index contributed by atoms with van der Waals surface area (Å²) in [6.45, 7) is 0.182. The molecule has 0 atom stereocenters. The first kappa shape index (κ1) is 8.69. The molecule has 1 fully saturated rings. The Kier molecular flexibility index (Phi) is 2.59. The zero-order valence-corrected chi connectivity index (χ0v) is 7.57. The van der Waals surface area contributed by atoms with Crippen molar-refractivity contribution in [3.05, 3.63) is 11.7 Å². The van der Waals surface area contributed by atoms with Crippen LogP contribution >= 0.6 is 0 Å². The van der Waals surface area contributed by atoms with Gasteiger partial charge in [0.1, 0.15) is 0 Å². The fourth-order valence-corrected chi connectivity index (χ4v) is 1.43. The van der Waals surface area contributed by atoms with Gasteiger partial charge in [0.25, 0.3) is 0 Å². The first-order valence-corrected chi connectivity index (χ1v) is 4.83. The third-order valence-electron chi connectivity index (χ3n) is 2.50. The maximum Gasteiger partial charge on any atom is 0.226 e. The van der Waals surface area contributed by atoms with Crippen LogP contribution < -0.4 is 0 Å². The van der Waals surface area contributed by atoms with Gasteiger partial charge in [0.2, 0.25) is 5.89 Å². The van der Waals surface area contributed by atoms with Crippen LogP contribution in [0.15, 0.2) is 4.52 Å². The summed E-state index contributed by atoms with van der Waals surface area (Å²) in [6.07, 6.45) is 5.06. The Morgan fingerprint density at radius 2 is 2.31 bits per heavy atom. The van der Waals surface area contributed by atoms with Gasteiger partial charge in [0.15, 0.2) is 5.82 Å². The fourth-order valence-electron chi connectivity index (χ4n) is 1.43. The molecule has 72 valence electrons. The second-order valence-corrected chi connectivity index (χ2v) is 3.50. The lowest BCUT2D eigenvalue weighted by Gasteiger charge is -2.20. The van der Waals surface area contributed by atoms with Gasteiger partial charge in [-0.25, -0.2) is 0 Å². The van der Waals surface area contributed by atoms with Crippen LogP contribution in [0.5, 0.6) is 0 Å². The highest BCUT2D eigenvalue weighted by Crippen LogP contribution is 2.34. The van der Waals surface area contributed by atoms with E-state index in [2.05, 4.69) is 10.1 Å². The molecule has 0 aliphatic heterocycles. The fraction of sp³-hybridized carbons (Fsp3) is 0.778. The predicted octanol–water partition coefficient (Wildman–Crippen LogP) is 1.26. The van der Waals surface area contributed by atoms with Crippen molar-refractivity contribution in [2.75, 3.05) is 6.61 Å². The van der Waals surface area contributed by atoms with E-state index < -0.39 is 0 Å². The SMILES string of the molecule is OCCCc1nc(C2CCC2)no1. The Morgan fingerprint density at radius 1 is 1.46 bits per heavy atom. The molecule has 4 nitrogen and oxygen atoms in total. The molecule has 0 aromatic carbocycles. The number of aliphatic hydroxyl groups excluding tert-OH is 1. The molecule has 0 spiro atoms. The monoisotopic (exact) mass is 182 g/mol. The van der Waals surface area contributed by atoms with Crippen molar-refractivity contribution in [2.45, 2.75) is 38.0 Å². The lowest BCUT2D eigenvalue weighted by molar-refractivity contribution is 0.277. The van der Waals surface area contributed by atoms with Crippen molar-refractivity contribution in [1.82, 2.24) is 10.1 Å². The van der Waals surface area contributed by atoms with Gasteiger partial charge in [-0.05, 0) is 19.3 Å². The number of aryl methyl sites for hydroxylation is 1. The summed E-state index contributed by atoms with van der Waals surface area (Å²) < 4.78 is 5.05. The number of aliphatic hydroxyl groups is 1. The van der Waals surface area contributed by atoms with Crippen LogP contribution in [0, 0.1) is 0 Å². The van der Waals surface area contributed by atoms with E-state index in [0.717, 1.165) is 5.82 Å². The van der Waals surface area contributed by atoms with E-state index >= 15 is 0 Å². The summed E-state index contributed by atoms with van der Waals surface area (Å²) in [4.78, 5) is 4.28. The quantitative estimate of drug-likeness (QED) is 0.761. The highest BCUT2D eigenvalue weighted by Gasteiger charge is 2.24. The van der Waals surface area contributed by atoms with Crippen molar-refractivity contribution in [3.8, 4) is 0 Å².